The molecule has 15 heteroatoms. The monoisotopic (exact) mass is 758 g/mol. The van der Waals surface area contributed by atoms with Crippen LogP contribution < -0.4 is 31.9 Å². The van der Waals surface area contributed by atoms with Gasteiger partial charge < -0.3 is 16.4 Å². The Kier molecular flexibility index (Phi) is 14.3. The van der Waals surface area contributed by atoms with E-state index in [4.69, 9.17) is 10.9 Å². The fourth-order valence-corrected chi connectivity index (χ4v) is 5.38. The maximum Gasteiger partial charge on any atom is 0.255 e. The maximum absolute atomic E-state index is 13.3. The summed E-state index contributed by atoms with van der Waals surface area (Å²) in [5.41, 5.74) is 13.3. The number of benzene rings is 5. The first-order valence-corrected chi connectivity index (χ1v) is 17.9. The number of carbonyl (C=O) groups is 3. The van der Waals surface area contributed by atoms with Crippen LogP contribution in [0.4, 0.5) is 55.6 Å². The molecule has 0 aliphatic heterocycles. The van der Waals surface area contributed by atoms with Gasteiger partial charge in [-0.15, -0.1) is 0 Å². The molecule has 0 aromatic heterocycles. The molecule has 0 unspecified atom stereocenters. The lowest BCUT2D eigenvalue weighted by molar-refractivity contribution is -0.129. The topological polar surface area (TPSA) is 189 Å². The van der Waals surface area contributed by atoms with Crippen LogP contribution in [-0.4, -0.2) is 37.0 Å². The van der Waals surface area contributed by atoms with Gasteiger partial charge in [-0.05, 0) is 128 Å². The number of hydrogen-bond donors (Lipinski definition) is 5. The third-order valence-corrected chi connectivity index (χ3v) is 8.68. The molecule has 0 atom stereocenters. The van der Waals surface area contributed by atoms with Crippen LogP contribution in [0.5, 0.6) is 0 Å². The van der Waals surface area contributed by atoms with Crippen LogP contribution in [0, 0.1) is 5.82 Å². The number of carbonyl (C=O) groups excluding carboxylic acids is 3. The molecule has 288 valence electrons. The zero-order valence-corrected chi connectivity index (χ0v) is 31.0. The number of nitrogens with zero attached hydrogens (tertiary/aromatic N) is 6. The van der Waals surface area contributed by atoms with Crippen molar-refractivity contribution >= 4 is 68.9 Å². The number of halogens is 1. The van der Waals surface area contributed by atoms with Crippen LogP contribution in [0.1, 0.15) is 48.9 Å². The second-order valence-corrected chi connectivity index (χ2v) is 12.8. The number of nitrogens with two attached hydrogens (primary N) is 1. The number of nitrogen functional groups attached to an aromatic ring is 1. The quantitative estimate of drug-likeness (QED) is 0.0205. The number of nitrogens with one attached hydrogen (secondary N) is 3. The van der Waals surface area contributed by atoms with Gasteiger partial charge in [0.25, 0.3) is 5.91 Å². The van der Waals surface area contributed by atoms with Gasteiger partial charge in [0.15, 0.2) is 0 Å². The second kappa shape index (κ2) is 19.9. The molecule has 0 aliphatic rings. The molecule has 0 bridgehead atoms. The minimum Gasteiger partial charge on any atom is -0.397 e. The van der Waals surface area contributed by atoms with Crippen molar-refractivity contribution in [1.29, 1.82) is 0 Å². The standard InChI is InChI=1S/C41H43FN10O4/c1-51(35-22-18-33(19-23-35)48-46-31-12-9-28(10-13-31)41(55)45-38-26-11-29(42)27-37(38)43)52(2)36-24-20-34(21-25-36)49-47-32-16-14-30(15-17-32)44-39(53)7-5-3-4-6-8-40(54)50-56/h9-27,56H,3-8,43H2,1-2H3,(H,44,53)(H,45,55)(H,50,54)/b48-46+,49-47+. The smallest absolute Gasteiger partial charge is 0.255 e. The molecule has 0 fully saturated rings. The molecule has 0 spiro atoms. The Morgan fingerprint density at radius 1 is 0.607 bits per heavy atom. The molecule has 56 heavy (non-hydrogen) atoms. The Labute approximate surface area is 323 Å². The minimum atomic E-state index is -0.480. The maximum atomic E-state index is 13.3. The first-order valence-electron chi connectivity index (χ1n) is 17.9. The number of unbranched alkanes of at least 4 members (excludes halogenated alkanes) is 3. The van der Waals surface area contributed by atoms with Gasteiger partial charge in [0.05, 0.1) is 45.5 Å². The van der Waals surface area contributed by atoms with Gasteiger partial charge >= 0.3 is 0 Å². The third-order valence-electron chi connectivity index (χ3n) is 8.68. The van der Waals surface area contributed by atoms with Gasteiger partial charge in [0.1, 0.15) is 5.82 Å². The number of anilines is 5. The summed E-state index contributed by atoms with van der Waals surface area (Å²) in [7, 11) is 3.90. The number of rotatable bonds is 17. The predicted molar refractivity (Wildman–Crippen MR) is 216 cm³/mol. The lowest BCUT2D eigenvalue weighted by Crippen LogP contribution is -2.36. The summed E-state index contributed by atoms with van der Waals surface area (Å²) in [5, 5.41) is 35.3. The summed E-state index contributed by atoms with van der Waals surface area (Å²) in [4.78, 5) is 35.9. The van der Waals surface area contributed by atoms with Crippen molar-refractivity contribution in [2.75, 3.05) is 40.5 Å². The predicted octanol–water partition coefficient (Wildman–Crippen LogP) is 9.76. The average Bonchev–Trinajstić information content (AvgIpc) is 3.22. The highest BCUT2D eigenvalue weighted by Crippen LogP contribution is 2.27. The summed E-state index contributed by atoms with van der Waals surface area (Å²) in [6.07, 6.45) is 3.68. The summed E-state index contributed by atoms with van der Waals surface area (Å²) in [6.45, 7) is 0. The van der Waals surface area contributed by atoms with Gasteiger partial charge in [0.2, 0.25) is 11.8 Å². The van der Waals surface area contributed by atoms with E-state index < -0.39 is 11.7 Å². The Balaban J connectivity index is 1.06. The molecule has 5 rings (SSSR count). The lowest BCUT2D eigenvalue weighted by Gasteiger charge is -2.32. The van der Waals surface area contributed by atoms with E-state index in [0.717, 1.165) is 36.7 Å². The van der Waals surface area contributed by atoms with Gasteiger partial charge in [-0.25, -0.2) is 9.87 Å². The molecular weight excluding hydrogens is 716 g/mol. The second-order valence-electron chi connectivity index (χ2n) is 12.8. The highest BCUT2D eigenvalue weighted by Gasteiger charge is 2.11. The molecule has 3 amide bonds. The zero-order chi connectivity index (χ0) is 39.9. The molecular formula is C41H43FN10O4. The molecule has 5 aromatic rings. The van der Waals surface area contributed by atoms with Crippen molar-refractivity contribution in [3.8, 4) is 0 Å². The summed E-state index contributed by atoms with van der Waals surface area (Å²) >= 11 is 0. The zero-order valence-electron chi connectivity index (χ0n) is 31.0. The van der Waals surface area contributed by atoms with Gasteiger partial charge in [-0.2, -0.15) is 20.5 Å². The first kappa shape index (κ1) is 40.2. The number of hydroxylamine groups is 1. The van der Waals surface area contributed by atoms with Crippen LogP contribution in [0.3, 0.4) is 0 Å². The third kappa shape index (κ3) is 12.0. The Morgan fingerprint density at radius 3 is 1.52 bits per heavy atom. The summed E-state index contributed by atoms with van der Waals surface area (Å²) < 4.78 is 13.3. The first-order chi connectivity index (χ1) is 27.1. The largest absolute Gasteiger partial charge is 0.397 e. The molecule has 0 radical (unpaired) electrons. The van der Waals surface area contributed by atoms with E-state index in [1.165, 1.54) is 12.1 Å². The summed E-state index contributed by atoms with van der Waals surface area (Å²) in [5.74, 6) is -1.34. The van der Waals surface area contributed by atoms with Gasteiger partial charge in [-0.3, -0.25) is 29.6 Å². The summed E-state index contributed by atoms with van der Waals surface area (Å²) in [6, 6.07) is 32.8. The normalized spacial score (nSPS) is 11.1. The Hall–Kier alpha value is -7.00. The fourth-order valence-electron chi connectivity index (χ4n) is 5.38. The van der Waals surface area contributed by atoms with Crippen LogP contribution in [0.15, 0.2) is 136 Å². The van der Waals surface area contributed by atoms with Crippen LogP contribution in [0.2, 0.25) is 0 Å². The van der Waals surface area contributed by atoms with Crippen LogP contribution >= 0.6 is 0 Å². The highest BCUT2D eigenvalue weighted by molar-refractivity contribution is 6.05. The van der Waals surface area contributed by atoms with E-state index in [1.807, 2.05) is 72.6 Å². The van der Waals surface area contributed by atoms with E-state index in [0.29, 0.717) is 52.5 Å². The molecule has 0 saturated heterocycles. The van der Waals surface area contributed by atoms with Crippen molar-refractivity contribution in [1.82, 2.24) is 5.48 Å². The van der Waals surface area contributed by atoms with Crippen LogP contribution in [0.25, 0.3) is 0 Å². The van der Waals surface area contributed by atoms with E-state index in [-0.39, 0.29) is 23.9 Å². The van der Waals surface area contributed by atoms with E-state index in [9.17, 15) is 18.8 Å². The van der Waals surface area contributed by atoms with E-state index >= 15 is 0 Å². The number of amides is 3. The van der Waals surface area contributed by atoms with Crippen molar-refractivity contribution in [3.05, 3.63) is 127 Å². The molecule has 6 N–H and O–H groups in total. The average molecular weight is 759 g/mol. The SMILES string of the molecule is CN(c1ccc(/N=N/c2ccc(NC(=O)CCCCCCC(=O)NO)cc2)cc1)N(C)c1ccc(/N=N/c2ccc(C(=O)Nc3ccc(F)cc3N)cc2)cc1. The minimum absolute atomic E-state index is 0.0789. The van der Waals surface area contributed by atoms with Crippen molar-refractivity contribution in [2.45, 2.75) is 38.5 Å². The van der Waals surface area contributed by atoms with Gasteiger partial charge in [-0.1, -0.05) is 12.8 Å². The van der Waals surface area contributed by atoms with Crippen molar-refractivity contribution in [3.63, 3.8) is 0 Å². The van der Waals surface area contributed by atoms with Gasteiger partial charge in [0, 0.05) is 38.2 Å². The molecule has 5 aromatic carbocycles. The number of hydrazine groups is 1. The molecule has 0 heterocycles. The number of azo groups is 2. The van der Waals surface area contributed by atoms with Crippen molar-refractivity contribution < 1.29 is 24.0 Å². The lowest BCUT2D eigenvalue weighted by atomic mass is 10.1. The van der Waals surface area contributed by atoms with Crippen LogP contribution in [-0.2, 0) is 9.59 Å². The Morgan fingerprint density at radius 2 is 1.05 bits per heavy atom. The Bertz CT molecular complexity index is 2140. The molecule has 14 nitrogen and oxygen atoms in total. The fraction of sp³-hybridized carbons (Fsp3) is 0.195. The highest BCUT2D eigenvalue weighted by atomic mass is 19.1. The molecule has 0 aliphatic carbocycles. The van der Waals surface area contributed by atoms with E-state index in [2.05, 4.69) is 31.1 Å². The number of hydrogen-bond acceptors (Lipinski definition) is 11. The molecule has 0 saturated carbocycles. The van der Waals surface area contributed by atoms with E-state index in [1.54, 1.807) is 54.0 Å². The van der Waals surface area contributed by atoms with Crippen molar-refractivity contribution in [2.24, 2.45) is 20.5 Å².